The van der Waals surface area contributed by atoms with Gasteiger partial charge in [-0.25, -0.2) is 33.1 Å². The number of hydrogen-bond donors (Lipinski definition) is 2. The fourth-order valence-corrected chi connectivity index (χ4v) is 3.92. The maximum Gasteiger partial charge on any atom is 4.00 e. The summed E-state index contributed by atoms with van der Waals surface area (Å²) in [5.41, 5.74) is 4.38. The summed E-state index contributed by atoms with van der Waals surface area (Å²) in [6.45, 7) is 7.61. The van der Waals surface area contributed by atoms with E-state index >= 15 is 0 Å². The van der Waals surface area contributed by atoms with Crippen LogP contribution in [0.15, 0.2) is 97.1 Å². The minimum Gasteiger partial charge on any atom is -0.373 e. The predicted octanol–water partition coefficient (Wildman–Crippen LogP) is 9.88. The fraction of sp³-hybridized carbons (Fsp3) is 0.150. The summed E-state index contributed by atoms with van der Waals surface area (Å²) >= 11 is 0. The van der Waals surface area contributed by atoms with Gasteiger partial charge in [0.2, 0.25) is 11.8 Å². The summed E-state index contributed by atoms with van der Waals surface area (Å²) < 4.78 is 52.6. The molecule has 0 saturated heterocycles. The molecule has 2 aliphatic carbocycles. The van der Waals surface area contributed by atoms with Gasteiger partial charge in [0.05, 0.1) is 0 Å². The number of carbonyl (C=O) groups is 2. The smallest absolute Gasteiger partial charge is 0.373 e. The molecular formula is C40H34F4N2O2Ti. The van der Waals surface area contributed by atoms with Gasteiger partial charge in [0.15, 0.2) is 0 Å². The third-order valence-electron chi connectivity index (χ3n) is 6.92. The van der Waals surface area contributed by atoms with Gasteiger partial charge in [-0.15, -0.1) is 49.2 Å². The molecule has 2 aliphatic rings. The molecule has 49 heavy (non-hydrogen) atoms. The molecule has 4 nitrogen and oxygen atoms in total. The minimum absolute atomic E-state index is 0. The molecule has 0 aromatic heterocycles. The average Bonchev–Trinajstić information content (AvgIpc) is 3.84. The van der Waals surface area contributed by atoms with Crippen LogP contribution in [0.3, 0.4) is 0 Å². The van der Waals surface area contributed by atoms with E-state index in [1.165, 1.54) is 0 Å². The van der Waals surface area contributed by atoms with Crippen molar-refractivity contribution in [1.29, 1.82) is 0 Å². The Morgan fingerprint density at radius 3 is 1.27 bits per heavy atom. The maximum atomic E-state index is 13.4. The van der Waals surface area contributed by atoms with Crippen LogP contribution < -0.4 is 10.6 Å². The molecule has 0 heterocycles. The molecule has 248 valence electrons. The standard InChI is InChI=1S/2C15H12F2NO.2C5H5.Ti/c2*1-9-3-4-11(7-10(9)2)15(19)18-14-8-12(16)5-6-13(14)17;2*1-2-4-5-3-1;/h2*3-5,7-8H,1-2H3,(H,18,19);2*1-3H,4H2;/q4*-1;+4. The number of rotatable bonds is 4. The average molecular weight is 699 g/mol. The topological polar surface area (TPSA) is 58.2 Å². The predicted molar refractivity (Wildman–Crippen MR) is 181 cm³/mol. The first-order valence-electron chi connectivity index (χ1n) is 14.9. The number of anilines is 2. The molecule has 0 radical (unpaired) electrons. The Kier molecular flexibility index (Phi) is 16.9. The SMILES string of the molecule is Cc1ccc(C(=O)Nc2cc(F)c[c-]c2F)cc1C.Cc1ccc(C(=O)Nc2cc(F)c[c-]c2F)cc1C.[C-]1=CC=CC1.[C-]1=CC=CC1.[Ti+4]. The summed E-state index contributed by atoms with van der Waals surface area (Å²) in [5, 5.41) is 4.66. The number of hydrogen-bond acceptors (Lipinski definition) is 2. The van der Waals surface area contributed by atoms with Crippen molar-refractivity contribution < 1.29 is 48.9 Å². The van der Waals surface area contributed by atoms with Crippen LogP contribution in [0.1, 0.15) is 55.8 Å². The van der Waals surface area contributed by atoms with E-state index in [1.807, 2.05) is 52.0 Å². The molecule has 0 bridgehead atoms. The number of nitrogens with one attached hydrogen (secondary N) is 2. The number of benzene rings is 4. The van der Waals surface area contributed by atoms with Crippen molar-refractivity contribution in [2.75, 3.05) is 10.6 Å². The van der Waals surface area contributed by atoms with Gasteiger partial charge in [-0.05, 0) is 85.6 Å². The van der Waals surface area contributed by atoms with Gasteiger partial charge in [0, 0.05) is 34.4 Å². The zero-order valence-electron chi connectivity index (χ0n) is 27.5. The second-order valence-electron chi connectivity index (χ2n) is 10.6. The van der Waals surface area contributed by atoms with Crippen LogP contribution in [0.5, 0.6) is 0 Å². The Balaban J connectivity index is 0.000000260. The van der Waals surface area contributed by atoms with E-state index < -0.39 is 35.1 Å². The van der Waals surface area contributed by atoms with Crippen molar-refractivity contribution in [2.24, 2.45) is 0 Å². The molecule has 6 rings (SSSR count). The van der Waals surface area contributed by atoms with Gasteiger partial charge in [0.1, 0.15) is 0 Å². The number of aryl methyl sites for hydroxylation is 4. The Hall–Kier alpha value is -4.79. The first-order chi connectivity index (χ1) is 22.9. The quantitative estimate of drug-likeness (QED) is 0.127. The third-order valence-corrected chi connectivity index (χ3v) is 6.92. The molecular weight excluding hydrogens is 664 g/mol. The minimum atomic E-state index is -0.793. The van der Waals surface area contributed by atoms with E-state index in [4.69, 9.17) is 0 Å². The molecule has 0 fully saturated rings. The zero-order valence-corrected chi connectivity index (χ0v) is 29.0. The van der Waals surface area contributed by atoms with Crippen LogP contribution in [0.25, 0.3) is 0 Å². The monoisotopic (exact) mass is 698 g/mol. The second kappa shape index (κ2) is 20.6. The Morgan fingerprint density at radius 2 is 0.980 bits per heavy atom. The van der Waals surface area contributed by atoms with Crippen molar-refractivity contribution in [3.05, 3.63) is 178 Å². The summed E-state index contributed by atoms with van der Waals surface area (Å²) in [6, 6.07) is 18.1. The van der Waals surface area contributed by atoms with Crippen molar-refractivity contribution in [2.45, 2.75) is 40.5 Å². The first kappa shape index (κ1) is 40.4. The zero-order chi connectivity index (χ0) is 35.1. The van der Waals surface area contributed by atoms with E-state index in [1.54, 1.807) is 36.4 Å². The summed E-state index contributed by atoms with van der Waals surface area (Å²) in [6.07, 6.45) is 20.0. The number of allylic oxidation sites excluding steroid dienone is 8. The van der Waals surface area contributed by atoms with Gasteiger partial charge in [0.25, 0.3) is 0 Å². The van der Waals surface area contributed by atoms with Crippen LogP contribution in [0, 0.1) is 75.2 Å². The van der Waals surface area contributed by atoms with Gasteiger partial charge >= 0.3 is 21.7 Å². The van der Waals surface area contributed by atoms with Crippen molar-refractivity contribution in [3.63, 3.8) is 0 Å². The molecule has 0 spiro atoms. The molecule has 0 aliphatic heterocycles. The summed E-state index contributed by atoms with van der Waals surface area (Å²) in [4.78, 5) is 23.9. The molecule has 9 heteroatoms. The maximum absolute atomic E-state index is 13.4. The molecule has 0 saturated carbocycles. The van der Waals surface area contributed by atoms with Gasteiger partial charge in [-0.1, -0.05) is 12.1 Å². The van der Waals surface area contributed by atoms with Crippen LogP contribution >= 0.6 is 0 Å². The van der Waals surface area contributed by atoms with E-state index in [9.17, 15) is 27.2 Å². The molecule has 0 atom stereocenters. The normalized spacial score (nSPS) is 11.6. The first-order valence-corrected chi connectivity index (χ1v) is 14.9. The van der Waals surface area contributed by atoms with Gasteiger partial charge in [-0.2, -0.15) is 12.2 Å². The molecule has 4 aromatic rings. The van der Waals surface area contributed by atoms with Crippen LogP contribution in [0.4, 0.5) is 28.9 Å². The summed E-state index contributed by atoms with van der Waals surface area (Å²) in [7, 11) is 0. The largest absolute Gasteiger partial charge is 4.00 e. The van der Waals surface area contributed by atoms with E-state index in [2.05, 4.69) is 47.1 Å². The molecule has 4 aromatic carbocycles. The van der Waals surface area contributed by atoms with Crippen LogP contribution in [0.2, 0.25) is 0 Å². The van der Waals surface area contributed by atoms with Crippen LogP contribution in [-0.2, 0) is 21.7 Å². The fourth-order valence-electron chi connectivity index (χ4n) is 3.92. The van der Waals surface area contributed by atoms with Crippen molar-refractivity contribution in [1.82, 2.24) is 0 Å². The molecule has 2 N–H and O–H groups in total. The van der Waals surface area contributed by atoms with E-state index in [-0.39, 0.29) is 33.1 Å². The summed E-state index contributed by atoms with van der Waals surface area (Å²) in [5.74, 6) is -3.87. The van der Waals surface area contributed by atoms with Crippen molar-refractivity contribution in [3.8, 4) is 0 Å². The number of halogens is 4. The molecule has 2 amide bonds. The Bertz CT molecular complexity index is 1710. The number of amides is 2. The number of carbonyl (C=O) groups excluding carboxylic acids is 2. The van der Waals surface area contributed by atoms with Crippen LogP contribution in [-0.4, -0.2) is 11.8 Å². The van der Waals surface area contributed by atoms with E-state index in [0.29, 0.717) is 11.1 Å². The third kappa shape index (κ3) is 13.7. The van der Waals surface area contributed by atoms with Gasteiger partial charge < -0.3 is 10.6 Å². The Labute approximate surface area is 300 Å². The second-order valence-corrected chi connectivity index (χ2v) is 10.6. The van der Waals surface area contributed by atoms with Crippen molar-refractivity contribution >= 4 is 23.2 Å². The van der Waals surface area contributed by atoms with Gasteiger partial charge in [-0.3, -0.25) is 30.5 Å². The van der Waals surface area contributed by atoms with E-state index in [0.717, 1.165) is 59.4 Å². The molecule has 0 unspecified atom stereocenters. The Morgan fingerprint density at radius 1 is 0.592 bits per heavy atom.